The Morgan fingerprint density at radius 3 is 2.76 bits per heavy atom. The number of nitrogens with zero attached hydrogens (tertiary/aromatic N) is 6. The zero-order valence-electron chi connectivity index (χ0n) is 18.8. The highest BCUT2D eigenvalue weighted by molar-refractivity contribution is 6.10. The van der Waals surface area contributed by atoms with Gasteiger partial charge in [-0.05, 0) is 50.4 Å². The van der Waals surface area contributed by atoms with Gasteiger partial charge in [-0.2, -0.15) is 10.4 Å². The van der Waals surface area contributed by atoms with Crippen molar-refractivity contribution in [3.63, 3.8) is 0 Å². The number of nitrogens with two attached hydrogens (primary N) is 1. The third-order valence-corrected chi connectivity index (χ3v) is 6.95. The van der Waals surface area contributed by atoms with Crippen molar-refractivity contribution < 1.29 is 0 Å². The van der Waals surface area contributed by atoms with Gasteiger partial charge in [0.25, 0.3) is 0 Å². The maximum atomic E-state index is 9.62. The number of hydrogen-bond acceptors (Lipinski definition) is 7. The fourth-order valence-electron chi connectivity index (χ4n) is 5.13. The predicted molar refractivity (Wildman–Crippen MR) is 131 cm³/mol. The highest BCUT2D eigenvalue weighted by atomic mass is 15.2. The number of allylic oxidation sites excluding steroid dienone is 1. The largest absolute Gasteiger partial charge is 0.404 e. The SMILES string of the molecule is CN=CC(=CN)c1cc(-c2ccc(N3CCC4(CCCN4)CC3)nc2)c2c(C#N)cnn2c1. The first kappa shape index (κ1) is 21.2. The van der Waals surface area contributed by atoms with Crippen LogP contribution in [-0.4, -0.2) is 53.0 Å². The number of nitriles is 1. The maximum absolute atomic E-state index is 9.62. The van der Waals surface area contributed by atoms with Gasteiger partial charge in [0.2, 0.25) is 0 Å². The van der Waals surface area contributed by atoms with Gasteiger partial charge in [0.05, 0.1) is 17.3 Å². The van der Waals surface area contributed by atoms with Crippen molar-refractivity contribution in [1.29, 1.82) is 5.26 Å². The second kappa shape index (κ2) is 8.68. The van der Waals surface area contributed by atoms with E-state index in [1.807, 2.05) is 18.5 Å². The Hall–Kier alpha value is -3.70. The molecule has 33 heavy (non-hydrogen) atoms. The number of rotatable bonds is 4. The molecule has 8 nitrogen and oxygen atoms in total. The minimum atomic E-state index is 0.341. The molecule has 2 aliphatic heterocycles. The van der Waals surface area contributed by atoms with E-state index in [4.69, 9.17) is 10.7 Å². The first-order valence-electron chi connectivity index (χ1n) is 11.4. The summed E-state index contributed by atoms with van der Waals surface area (Å²) in [4.78, 5) is 11.3. The molecule has 5 rings (SSSR count). The van der Waals surface area contributed by atoms with Crippen LogP contribution in [-0.2, 0) is 0 Å². The lowest BCUT2D eigenvalue weighted by atomic mass is 9.86. The molecule has 3 N–H and O–H groups in total. The molecule has 3 aromatic heterocycles. The number of aliphatic imine (C=N–C) groups is 1. The van der Waals surface area contributed by atoms with Crippen LogP contribution in [0, 0.1) is 11.3 Å². The van der Waals surface area contributed by atoms with E-state index >= 15 is 0 Å². The average Bonchev–Trinajstić information content (AvgIpc) is 3.49. The van der Waals surface area contributed by atoms with Gasteiger partial charge in [0.1, 0.15) is 11.9 Å². The molecule has 2 aliphatic rings. The van der Waals surface area contributed by atoms with Crippen molar-refractivity contribution in [1.82, 2.24) is 19.9 Å². The van der Waals surface area contributed by atoms with E-state index in [2.05, 4.69) is 38.5 Å². The zero-order valence-corrected chi connectivity index (χ0v) is 18.8. The molecule has 1 spiro atoms. The van der Waals surface area contributed by atoms with Gasteiger partial charge in [0, 0.05) is 72.7 Å². The second-order valence-corrected chi connectivity index (χ2v) is 8.82. The summed E-state index contributed by atoms with van der Waals surface area (Å²) in [5, 5.41) is 17.7. The van der Waals surface area contributed by atoms with Crippen LogP contribution in [0.15, 0.2) is 48.0 Å². The van der Waals surface area contributed by atoms with Gasteiger partial charge < -0.3 is 16.0 Å². The molecule has 0 atom stereocenters. The summed E-state index contributed by atoms with van der Waals surface area (Å²) in [5.41, 5.74) is 10.9. The molecule has 0 radical (unpaired) electrons. The Balaban J connectivity index is 1.48. The van der Waals surface area contributed by atoms with Crippen molar-refractivity contribution in [2.24, 2.45) is 10.7 Å². The van der Waals surface area contributed by atoms with Gasteiger partial charge in [-0.15, -0.1) is 0 Å². The van der Waals surface area contributed by atoms with Crippen LogP contribution in [0.4, 0.5) is 5.82 Å². The lowest BCUT2D eigenvalue weighted by molar-refractivity contribution is 0.296. The Morgan fingerprint density at radius 2 is 2.12 bits per heavy atom. The molecule has 0 bridgehead atoms. The van der Waals surface area contributed by atoms with E-state index in [1.54, 1.807) is 24.0 Å². The van der Waals surface area contributed by atoms with Crippen molar-refractivity contribution >= 4 is 23.1 Å². The predicted octanol–water partition coefficient (Wildman–Crippen LogP) is 2.99. The minimum absolute atomic E-state index is 0.341. The lowest BCUT2D eigenvalue weighted by Crippen LogP contribution is -2.50. The van der Waals surface area contributed by atoms with Gasteiger partial charge in [0.15, 0.2) is 0 Å². The molecule has 0 saturated carbocycles. The zero-order chi connectivity index (χ0) is 22.8. The molecule has 2 saturated heterocycles. The van der Waals surface area contributed by atoms with E-state index in [0.29, 0.717) is 11.1 Å². The number of hydrogen-bond donors (Lipinski definition) is 2. The number of aromatic nitrogens is 3. The van der Waals surface area contributed by atoms with Crippen LogP contribution in [0.25, 0.3) is 22.2 Å². The van der Waals surface area contributed by atoms with Gasteiger partial charge in [-0.25, -0.2) is 9.50 Å². The third-order valence-electron chi connectivity index (χ3n) is 6.95. The summed E-state index contributed by atoms with van der Waals surface area (Å²) >= 11 is 0. The molecule has 0 unspecified atom stereocenters. The van der Waals surface area contributed by atoms with E-state index in [0.717, 1.165) is 66.1 Å². The summed E-state index contributed by atoms with van der Waals surface area (Å²) in [6, 6.07) is 8.42. The number of piperidine rings is 1. The molecule has 8 heteroatoms. The van der Waals surface area contributed by atoms with Gasteiger partial charge in [-0.1, -0.05) is 0 Å². The molecule has 168 valence electrons. The highest BCUT2D eigenvalue weighted by Crippen LogP contribution is 2.34. The molecule has 5 heterocycles. The lowest BCUT2D eigenvalue weighted by Gasteiger charge is -2.40. The molecular weight excluding hydrogens is 412 g/mol. The number of fused-ring (bicyclic) bond motifs is 1. The maximum Gasteiger partial charge on any atom is 0.128 e. The molecule has 0 amide bonds. The first-order valence-corrected chi connectivity index (χ1v) is 11.4. The fraction of sp³-hybridized carbons (Fsp3) is 0.360. The summed E-state index contributed by atoms with van der Waals surface area (Å²) in [6.45, 7) is 3.17. The molecular formula is C25H28N8. The number of anilines is 1. The molecule has 0 aromatic carbocycles. The Bertz CT molecular complexity index is 1250. The van der Waals surface area contributed by atoms with Crippen molar-refractivity contribution in [3.8, 4) is 17.2 Å². The standard InChI is InChI=1S/C25H28N8/c1-28-14-20(12-26)19-11-22(24-21(13-27)16-31-33(24)17-19)18-3-4-23(29-15-18)32-9-6-25(7-10-32)5-2-8-30-25/h3-4,11-12,14-17,30H,2,5-10,26H2,1H3. The van der Waals surface area contributed by atoms with Crippen molar-refractivity contribution in [3.05, 3.63) is 54.1 Å². The summed E-state index contributed by atoms with van der Waals surface area (Å²) in [5.74, 6) is 0.994. The van der Waals surface area contributed by atoms with E-state index in [9.17, 15) is 5.26 Å². The van der Waals surface area contributed by atoms with Crippen molar-refractivity contribution in [2.75, 3.05) is 31.6 Å². The van der Waals surface area contributed by atoms with Crippen molar-refractivity contribution in [2.45, 2.75) is 31.2 Å². The Morgan fingerprint density at radius 1 is 1.27 bits per heavy atom. The Labute approximate surface area is 193 Å². The smallest absolute Gasteiger partial charge is 0.128 e. The molecule has 2 fully saturated rings. The highest BCUT2D eigenvalue weighted by Gasteiger charge is 2.36. The van der Waals surface area contributed by atoms with Crippen LogP contribution in [0.1, 0.15) is 36.8 Å². The van der Waals surface area contributed by atoms with Gasteiger partial charge in [-0.3, -0.25) is 4.99 Å². The van der Waals surface area contributed by atoms with Crippen LogP contribution in [0.2, 0.25) is 0 Å². The van der Waals surface area contributed by atoms with Crippen LogP contribution in [0.3, 0.4) is 0 Å². The number of nitrogens with one attached hydrogen (secondary N) is 1. The van der Waals surface area contributed by atoms with E-state index in [-0.39, 0.29) is 0 Å². The Kier molecular flexibility index (Phi) is 5.56. The normalized spacial score (nSPS) is 18.4. The van der Waals surface area contributed by atoms with Gasteiger partial charge >= 0.3 is 0 Å². The third kappa shape index (κ3) is 3.85. The van der Waals surface area contributed by atoms with E-state index in [1.165, 1.54) is 19.0 Å². The topological polar surface area (TPSA) is 108 Å². The molecule has 0 aliphatic carbocycles. The van der Waals surface area contributed by atoms with Crippen LogP contribution in [0.5, 0.6) is 0 Å². The first-order chi connectivity index (χ1) is 16.2. The summed E-state index contributed by atoms with van der Waals surface area (Å²) in [6.07, 6.45) is 13.5. The molecule has 3 aromatic rings. The minimum Gasteiger partial charge on any atom is -0.404 e. The quantitative estimate of drug-likeness (QED) is 0.604. The number of pyridine rings is 2. The average molecular weight is 441 g/mol. The van der Waals surface area contributed by atoms with Crippen LogP contribution >= 0.6 is 0 Å². The van der Waals surface area contributed by atoms with Crippen LogP contribution < -0.4 is 16.0 Å². The second-order valence-electron chi connectivity index (χ2n) is 8.82. The monoisotopic (exact) mass is 440 g/mol. The summed E-state index contributed by atoms with van der Waals surface area (Å²) < 4.78 is 1.73. The van der Waals surface area contributed by atoms with E-state index < -0.39 is 0 Å². The fourth-order valence-corrected chi connectivity index (χ4v) is 5.13. The summed E-state index contributed by atoms with van der Waals surface area (Å²) in [7, 11) is 1.71.